The molecule has 0 aromatic carbocycles. The Bertz CT molecular complexity index is 342. The molecule has 0 amide bonds. The van der Waals surface area contributed by atoms with E-state index in [-0.39, 0.29) is 0 Å². The molecule has 2 atom stereocenters. The van der Waals surface area contributed by atoms with E-state index in [2.05, 4.69) is 17.3 Å². The summed E-state index contributed by atoms with van der Waals surface area (Å²) in [6.45, 7) is 3.23. The highest BCUT2D eigenvalue weighted by Gasteiger charge is 2.24. The van der Waals surface area contributed by atoms with Crippen molar-refractivity contribution in [2.75, 3.05) is 6.54 Å². The predicted molar refractivity (Wildman–Crippen MR) is 71.5 cm³/mol. The van der Waals surface area contributed by atoms with Crippen LogP contribution in [0.4, 0.5) is 0 Å². The average molecular weight is 256 g/mol. The van der Waals surface area contributed by atoms with Crippen LogP contribution in [0, 0.1) is 0 Å². The van der Waals surface area contributed by atoms with Gasteiger partial charge in [-0.25, -0.2) is 0 Å². The molecule has 0 aliphatic heterocycles. The zero-order valence-corrected chi connectivity index (χ0v) is 11.5. The molecule has 0 saturated heterocycles. The summed E-state index contributed by atoms with van der Waals surface area (Å²) in [4.78, 5) is 0. The summed E-state index contributed by atoms with van der Waals surface area (Å²) in [6, 6.07) is 0.637. The summed E-state index contributed by atoms with van der Waals surface area (Å²) in [5.74, 6) is 0.557. The molecule has 0 radical (unpaired) electrons. The van der Waals surface area contributed by atoms with E-state index < -0.39 is 0 Å². The molecule has 2 rings (SSSR count). The van der Waals surface area contributed by atoms with E-state index in [1.165, 1.54) is 37.8 Å². The molecule has 1 aliphatic rings. The second-order valence-electron chi connectivity index (χ2n) is 4.97. The molecule has 0 spiro atoms. The number of aryl methyl sites for hydroxylation is 1. The van der Waals surface area contributed by atoms with Crippen LogP contribution in [-0.2, 0) is 7.05 Å². The fraction of sp³-hybridized carbons (Fsp3) is 0.769. The van der Waals surface area contributed by atoms with Crippen LogP contribution in [0.2, 0.25) is 5.02 Å². The van der Waals surface area contributed by atoms with Crippen LogP contribution in [0.3, 0.4) is 0 Å². The zero-order valence-electron chi connectivity index (χ0n) is 10.7. The fourth-order valence-corrected chi connectivity index (χ4v) is 3.28. The van der Waals surface area contributed by atoms with Gasteiger partial charge < -0.3 is 5.32 Å². The molecule has 1 saturated carbocycles. The van der Waals surface area contributed by atoms with Crippen molar-refractivity contribution >= 4 is 11.6 Å². The van der Waals surface area contributed by atoms with Gasteiger partial charge in [0.15, 0.2) is 0 Å². The largest absolute Gasteiger partial charge is 0.314 e. The molecule has 4 heteroatoms. The number of rotatable bonds is 3. The fourth-order valence-electron chi connectivity index (χ4n) is 2.96. The lowest BCUT2D eigenvalue weighted by Gasteiger charge is -2.21. The molecular formula is C13H22ClN3. The first-order chi connectivity index (χ1) is 8.22. The van der Waals surface area contributed by atoms with Gasteiger partial charge >= 0.3 is 0 Å². The Morgan fingerprint density at radius 1 is 1.47 bits per heavy atom. The lowest BCUT2D eigenvalue weighted by molar-refractivity contribution is 0.438. The lowest BCUT2D eigenvalue weighted by atomic mass is 9.94. The number of halogens is 1. The number of nitrogens with zero attached hydrogens (tertiary/aromatic N) is 2. The Kier molecular flexibility index (Phi) is 4.46. The average Bonchev–Trinajstić information content (AvgIpc) is 2.53. The molecule has 0 bridgehead atoms. The number of aromatic nitrogens is 2. The summed E-state index contributed by atoms with van der Waals surface area (Å²) in [5, 5.41) is 8.67. The van der Waals surface area contributed by atoms with Crippen molar-refractivity contribution in [1.82, 2.24) is 15.1 Å². The van der Waals surface area contributed by atoms with Gasteiger partial charge in [0, 0.05) is 19.0 Å². The Morgan fingerprint density at radius 2 is 2.24 bits per heavy atom. The highest BCUT2D eigenvalue weighted by molar-refractivity contribution is 6.31. The minimum atomic E-state index is 0.557. The summed E-state index contributed by atoms with van der Waals surface area (Å²) < 4.78 is 1.95. The first-order valence-electron chi connectivity index (χ1n) is 6.63. The van der Waals surface area contributed by atoms with Gasteiger partial charge in [-0.15, -0.1) is 0 Å². The van der Waals surface area contributed by atoms with Crippen molar-refractivity contribution < 1.29 is 0 Å². The molecule has 2 unspecified atom stereocenters. The maximum atomic E-state index is 6.25. The summed E-state index contributed by atoms with van der Waals surface area (Å²) in [6.07, 6.45) is 8.11. The first-order valence-corrected chi connectivity index (χ1v) is 7.01. The van der Waals surface area contributed by atoms with Crippen LogP contribution in [0.15, 0.2) is 6.20 Å². The summed E-state index contributed by atoms with van der Waals surface area (Å²) in [5.41, 5.74) is 1.22. The van der Waals surface area contributed by atoms with Crippen molar-refractivity contribution in [1.29, 1.82) is 0 Å². The third-order valence-corrected chi connectivity index (χ3v) is 4.03. The molecular weight excluding hydrogens is 234 g/mol. The van der Waals surface area contributed by atoms with E-state index in [4.69, 9.17) is 11.6 Å². The SMILES string of the molecule is CCNC1CCCCC(c2c(Cl)cnn2C)C1. The topological polar surface area (TPSA) is 29.9 Å². The Morgan fingerprint density at radius 3 is 2.88 bits per heavy atom. The van der Waals surface area contributed by atoms with Gasteiger partial charge in [-0.1, -0.05) is 31.4 Å². The van der Waals surface area contributed by atoms with Gasteiger partial charge in [0.1, 0.15) is 0 Å². The zero-order chi connectivity index (χ0) is 12.3. The van der Waals surface area contributed by atoms with Crippen molar-refractivity contribution in [3.05, 3.63) is 16.9 Å². The van der Waals surface area contributed by atoms with Gasteiger partial charge in [0.25, 0.3) is 0 Å². The standard InChI is InChI=1S/C13H22ClN3/c1-3-15-11-7-5-4-6-10(8-11)13-12(14)9-16-17(13)2/h9-11,15H,3-8H2,1-2H3. The highest BCUT2D eigenvalue weighted by Crippen LogP contribution is 2.35. The van der Waals surface area contributed by atoms with E-state index in [0.717, 1.165) is 11.6 Å². The normalized spacial score (nSPS) is 25.8. The van der Waals surface area contributed by atoms with Crippen LogP contribution in [0.5, 0.6) is 0 Å². The monoisotopic (exact) mass is 255 g/mol. The Balaban J connectivity index is 2.13. The van der Waals surface area contributed by atoms with E-state index in [1.54, 1.807) is 6.20 Å². The van der Waals surface area contributed by atoms with Crippen LogP contribution < -0.4 is 5.32 Å². The van der Waals surface area contributed by atoms with Crippen molar-refractivity contribution in [2.24, 2.45) is 7.05 Å². The molecule has 1 aliphatic carbocycles. The maximum Gasteiger partial charge on any atom is 0.0820 e. The van der Waals surface area contributed by atoms with Gasteiger partial charge in [-0.3, -0.25) is 4.68 Å². The Labute approximate surface area is 109 Å². The quantitative estimate of drug-likeness (QED) is 0.842. The number of hydrogen-bond acceptors (Lipinski definition) is 2. The highest BCUT2D eigenvalue weighted by atomic mass is 35.5. The molecule has 17 heavy (non-hydrogen) atoms. The number of nitrogens with one attached hydrogen (secondary N) is 1. The summed E-state index contributed by atoms with van der Waals surface area (Å²) >= 11 is 6.25. The maximum absolute atomic E-state index is 6.25. The smallest absolute Gasteiger partial charge is 0.0820 e. The van der Waals surface area contributed by atoms with Crippen molar-refractivity contribution in [3.63, 3.8) is 0 Å². The summed E-state index contributed by atoms with van der Waals surface area (Å²) in [7, 11) is 1.99. The minimum absolute atomic E-state index is 0.557. The van der Waals surface area contributed by atoms with Gasteiger partial charge in [-0.2, -0.15) is 5.10 Å². The van der Waals surface area contributed by atoms with Crippen molar-refractivity contribution in [2.45, 2.75) is 51.0 Å². The lowest BCUT2D eigenvalue weighted by Crippen LogP contribution is -2.29. The van der Waals surface area contributed by atoms with E-state index in [9.17, 15) is 0 Å². The molecule has 1 aromatic rings. The van der Waals surface area contributed by atoms with Gasteiger partial charge in [0.2, 0.25) is 0 Å². The molecule has 1 fully saturated rings. The molecule has 1 heterocycles. The third kappa shape index (κ3) is 3.02. The molecule has 96 valence electrons. The minimum Gasteiger partial charge on any atom is -0.314 e. The molecule has 1 aromatic heterocycles. The van der Waals surface area contributed by atoms with Crippen LogP contribution >= 0.6 is 11.6 Å². The van der Waals surface area contributed by atoms with Crippen molar-refractivity contribution in [3.8, 4) is 0 Å². The van der Waals surface area contributed by atoms with Crippen LogP contribution in [0.25, 0.3) is 0 Å². The third-order valence-electron chi connectivity index (χ3n) is 3.74. The van der Waals surface area contributed by atoms with Crippen LogP contribution in [-0.4, -0.2) is 22.4 Å². The molecule has 1 N–H and O–H groups in total. The first kappa shape index (κ1) is 12.9. The van der Waals surface area contributed by atoms with E-state index in [0.29, 0.717) is 12.0 Å². The number of hydrogen-bond donors (Lipinski definition) is 1. The van der Waals surface area contributed by atoms with Gasteiger partial charge in [-0.05, 0) is 25.8 Å². The second-order valence-corrected chi connectivity index (χ2v) is 5.38. The molecule has 3 nitrogen and oxygen atoms in total. The Hall–Kier alpha value is -0.540. The van der Waals surface area contributed by atoms with E-state index in [1.807, 2.05) is 11.7 Å². The predicted octanol–water partition coefficient (Wildman–Crippen LogP) is 3.10. The van der Waals surface area contributed by atoms with E-state index >= 15 is 0 Å². The van der Waals surface area contributed by atoms with Crippen LogP contribution in [0.1, 0.15) is 50.6 Å². The van der Waals surface area contributed by atoms with Gasteiger partial charge in [0.05, 0.1) is 16.9 Å². The second kappa shape index (κ2) is 5.87.